The molecule has 5 heteroatoms. The van der Waals surface area contributed by atoms with Gasteiger partial charge in [0.2, 0.25) is 0 Å². The van der Waals surface area contributed by atoms with E-state index >= 15 is 0 Å². The minimum absolute atomic E-state index is 0.181. The zero-order valence-corrected chi connectivity index (χ0v) is 14.5. The molecule has 0 fully saturated rings. The zero-order valence-electron chi connectivity index (χ0n) is 13.8. The van der Waals surface area contributed by atoms with Crippen molar-refractivity contribution in [1.29, 1.82) is 0 Å². The van der Waals surface area contributed by atoms with Gasteiger partial charge >= 0.3 is 0 Å². The molecule has 4 rings (SSSR count). The van der Waals surface area contributed by atoms with Crippen molar-refractivity contribution < 1.29 is 9.59 Å². The third-order valence-electron chi connectivity index (χ3n) is 4.41. The van der Waals surface area contributed by atoms with Gasteiger partial charge in [-0.1, -0.05) is 48.0 Å². The van der Waals surface area contributed by atoms with Crippen molar-refractivity contribution in [2.24, 2.45) is 0 Å². The number of rotatable bonds is 3. The van der Waals surface area contributed by atoms with Gasteiger partial charge in [0.25, 0.3) is 11.8 Å². The Hall–Kier alpha value is -3.11. The van der Waals surface area contributed by atoms with Gasteiger partial charge in [-0.25, -0.2) is 0 Å². The van der Waals surface area contributed by atoms with Gasteiger partial charge in [-0.2, -0.15) is 0 Å². The largest absolute Gasteiger partial charge is 0.348 e. The summed E-state index contributed by atoms with van der Waals surface area (Å²) in [6, 6.07) is 20.1. The molecule has 3 aromatic rings. The summed E-state index contributed by atoms with van der Waals surface area (Å²) in [6.07, 6.45) is 0. The lowest BCUT2D eigenvalue weighted by Crippen LogP contribution is -2.17. The van der Waals surface area contributed by atoms with Gasteiger partial charge in [0.15, 0.2) is 0 Å². The molecule has 0 unspecified atom stereocenters. The van der Waals surface area contributed by atoms with Gasteiger partial charge in [-0.3, -0.25) is 9.59 Å². The van der Waals surface area contributed by atoms with Crippen LogP contribution in [0.2, 0.25) is 5.02 Å². The normalized spacial score (nSPS) is 12.4. The van der Waals surface area contributed by atoms with Crippen LogP contribution in [0.25, 0.3) is 11.1 Å². The second-order valence-corrected chi connectivity index (χ2v) is 6.46. The molecule has 0 spiro atoms. The summed E-state index contributed by atoms with van der Waals surface area (Å²) in [7, 11) is 0. The van der Waals surface area contributed by atoms with E-state index in [1.54, 1.807) is 30.3 Å². The summed E-state index contributed by atoms with van der Waals surface area (Å²) in [6.45, 7) is 0.432. The smallest absolute Gasteiger partial charge is 0.255 e. The predicted octanol–water partition coefficient (Wildman–Crippen LogP) is 4.50. The molecule has 1 aliphatic heterocycles. The van der Waals surface area contributed by atoms with Crippen molar-refractivity contribution in [2.75, 3.05) is 5.32 Å². The number of halogens is 1. The Bertz CT molecular complexity index is 999. The Labute approximate surface area is 155 Å². The van der Waals surface area contributed by atoms with Gasteiger partial charge in [0.05, 0.1) is 11.3 Å². The summed E-state index contributed by atoms with van der Waals surface area (Å²) in [5.41, 5.74) is 4.38. The summed E-state index contributed by atoms with van der Waals surface area (Å²) >= 11 is 5.97. The van der Waals surface area contributed by atoms with E-state index in [0.29, 0.717) is 28.4 Å². The molecule has 0 atom stereocenters. The van der Waals surface area contributed by atoms with E-state index in [9.17, 15) is 9.59 Å². The standard InChI is InChI=1S/C21H15ClN2O2/c22-15-8-6-13(7-9-15)16-10-11-18(19-17(16)12-23-21(19)26)24-20(25)14-4-2-1-3-5-14/h1-11H,12H2,(H,23,26)(H,24,25). The van der Waals surface area contributed by atoms with Gasteiger partial charge in [-0.15, -0.1) is 0 Å². The van der Waals surface area contributed by atoms with E-state index in [1.807, 2.05) is 36.4 Å². The van der Waals surface area contributed by atoms with Gasteiger partial charge in [0.1, 0.15) is 0 Å². The first-order valence-electron chi connectivity index (χ1n) is 8.20. The molecule has 0 saturated heterocycles. The number of hydrogen-bond donors (Lipinski definition) is 2. The molecule has 26 heavy (non-hydrogen) atoms. The summed E-state index contributed by atoms with van der Waals surface area (Å²) in [4.78, 5) is 24.8. The fourth-order valence-corrected chi connectivity index (χ4v) is 3.26. The first kappa shape index (κ1) is 16.4. The predicted molar refractivity (Wildman–Crippen MR) is 102 cm³/mol. The first-order chi connectivity index (χ1) is 12.6. The maximum absolute atomic E-state index is 12.5. The Morgan fingerprint density at radius 3 is 2.42 bits per heavy atom. The van der Waals surface area contributed by atoms with Crippen molar-refractivity contribution in [3.8, 4) is 11.1 Å². The molecule has 2 N–H and O–H groups in total. The van der Waals surface area contributed by atoms with E-state index in [1.165, 1.54) is 0 Å². The molecule has 1 heterocycles. The Morgan fingerprint density at radius 2 is 1.69 bits per heavy atom. The highest BCUT2D eigenvalue weighted by molar-refractivity contribution is 6.30. The number of anilines is 1. The van der Waals surface area contributed by atoms with Crippen LogP contribution in [0.3, 0.4) is 0 Å². The maximum atomic E-state index is 12.5. The van der Waals surface area contributed by atoms with Crippen molar-refractivity contribution in [3.05, 3.63) is 88.4 Å². The molecule has 128 valence electrons. The first-order valence-corrected chi connectivity index (χ1v) is 8.58. The van der Waals surface area contributed by atoms with Gasteiger partial charge < -0.3 is 10.6 Å². The number of carbonyl (C=O) groups excluding carboxylic acids is 2. The van der Waals surface area contributed by atoms with Crippen LogP contribution in [0.1, 0.15) is 26.3 Å². The minimum atomic E-state index is -0.244. The lowest BCUT2D eigenvalue weighted by molar-refractivity contribution is 0.0966. The van der Waals surface area contributed by atoms with Gasteiger partial charge in [0, 0.05) is 17.1 Å². The van der Waals surface area contributed by atoms with Crippen molar-refractivity contribution >= 4 is 29.1 Å². The average Bonchev–Trinajstić information content (AvgIpc) is 3.06. The number of benzene rings is 3. The third kappa shape index (κ3) is 2.95. The van der Waals surface area contributed by atoms with Crippen LogP contribution >= 0.6 is 11.6 Å². The Kier molecular flexibility index (Phi) is 4.19. The third-order valence-corrected chi connectivity index (χ3v) is 4.66. The maximum Gasteiger partial charge on any atom is 0.255 e. The molecule has 4 nitrogen and oxygen atoms in total. The van der Waals surface area contributed by atoms with E-state index in [-0.39, 0.29) is 11.8 Å². The summed E-state index contributed by atoms with van der Waals surface area (Å²) < 4.78 is 0. The molecular weight excluding hydrogens is 348 g/mol. The van der Waals surface area contributed by atoms with Gasteiger partial charge in [-0.05, 0) is 47.0 Å². The molecule has 2 amide bonds. The minimum Gasteiger partial charge on any atom is -0.348 e. The second-order valence-electron chi connectivity index (χ2n) is 6.02. The molecule has 0 bridgehead atoms. The van der Waals surface area contributed by atoms with Crippen LogP contribution in [0.4, 0.5) is 5.69 Å². The molecular formula is C21H15ClN2O2. The van der Waals surface area contributed by atoms with Crippen LogP contribution in [0, 0.1) is 0 Å². The number of fused-ring (bicyclic) bond motifs is 1. The fourth-order valence-electron chi connectivity index (χ4n) is 3.14. The number of amides is 2. The van der Waals surface area contributed by atoms with Crippen LogP contribution in [0.15, 0.2) is 66.7 Å². The SMILES string of the molecule is O=C(Nc1ccc(-c2ccc(Cl)cc2)c2c1C(=O)NC2)c1ccccc1. The topological polar surface area (TPSA) is 58.2 Å². The van der Waals surface area contributed by atoms with E-state index in [2.05, 4.69) is 10.6 Å². The second kappa shape index (κ2) is 6.65. The van der Waals surface area contributed by atoms with Crippen LogP contribution in [-0.4, -0.2) is 11.8 Å². The van der Waals surface area contributed by atoms with Crippen molar-refractivity contribution in [2.45, 2.75) is 6.54 Å². The van der Waals surface area contributed by atoms with Crippen molar-refractivity contribution in [3.63, 3.8) is 0 Å². The number of hydrogen-bond acceptors (Lipinski definition) is 2. The summed E-state index contributed by atoms with van der Waals surface area (Å²) in [5, 5.41) is 6.36. The van der Waals surface area contributed by atoms with E-state index < -0.39 is 0 Å². The molecule has 0 aromatic heterocycles. The quantitative estimate of drug-likeness (QED) is 0.720. The van der Waals surface area contributed by atoms with E-state index in [0.717, 1.165) is 16.7 Å². The highest BCUT2D eigenvalue weighted by Gasteiger charge is 2.26. The highest BCUT2D eigenvalue weighted by atomic mass is 35.5. The molecule has 0 saturated carbocycles. The fraction of sp³-hybridized carbons (Fsp3) is 0.0476. The van der Waals surface area contributed by atoms with Crippen LogP contribution < -0.4 is 10.6 Å². The highest BCUT2D eigenvalue weighted by Crippen LogP contribution is 2.34. The van der Waals surface area contributed by atoms with E-state index in [4.69, 9.17) is 11.6 Å². The average molecular weight is 363 g/mol. The lowest BCUT2D eigenvalue weighted by Gasteiger charge is -2.13. The Balaban J connectivity index is 1.74. The lowest BCUT2D eigenvalue weighted by atomic mass is 9.95. The Morgan fingerprint density at radius 1 is 0.962 bits per heavy atom. The number of carbonyl (C=O) groups is 2. The van der Waals surface area contributed by atoms with Crippen molar-refractivity contribution in [1.82, 2.24) is 5.32 Å². The molecule has 0 radical (unpaired) electrons. The zero-order chi connectivity index (χ0) is 18.1. The number of nitrogens with one attached hydrogen (secondary N) is 2. The molecule has 3 aromatic carbocycles. The van der Waals surface area contributed by atoms with Crippen LogP contribution in [-0.2, 0) is 6.54 Å². The monoisotopic (exact) mass is 362 g/mol. The summed E-state index contributed by atoms with van der Waals surface area (Å²) in [5.74, 6) is -0.425. The molecule has 0 aliphatic carbocycles. The molecule has 1 aliphatic rings. The van der Waals surface area contributed by atoms with Crippen LogP contribution in [0.5, 0.6) is 0 Å².